The van der Waals surface area contributed by atoms with Crippen molar-refractivity contribution < 1.29 is 23.8 Å². The number of hydrogen-bond donors (Lipinski definition) is 1. The van der Waals surface area contributed by atoms with Crippen LogP contribution in [0.15, 0.2) is 11.2 Å². The van der Waals surface area contributed by atoms with Gasteiger partial charge in [0.1, 0.15) is 22.0 Å². The molecule has 0 spiro atoms. The predicted octanol–water partition coefficient (Wildman–Crippen LogP) is 5.34. The second-order valence-corrected chi connectivity index (χ2v) is 14.1. The molecular weight excluding hydrogens is 570 g/mol. The SMILES string of the molecule is COc1c(C)cnc(Cn2nc3c4c(nc(N(C(=O)OC(C)(C)C)C(=O)OC(C)(C)C)nc42)SCC(NC2CC2)C3)c1C. The lowest BCUT2D eigenvalue weighted by molar-refractivity contribution is 0.0427. The third-order valence-electron chi connectivity index (χ3n) is 6.93. The van der Waals surface area contributed by atoms with Crippen LogP contribution in [0.3, 0.4) is 0 Å². The van der Waals surface area contributed by atoms with E-state index in [1.807, 2.05) is 13.8 Å². The Morgan fingerprint density at radius 1 is 1.05 bits per heavy atom. The highest BCUT2D eigenvalue weighted by Crippen LogP contribution is 2.36. The van der Waals surface area contributed by atoms with Crippen LogP contribution in [-0.4, -0.2) is 73.1 Å². The zero-order valence-electron chi connectivity index (χ0n) is 26.4. The van der Waals surface area contributed by atoms with Crippen molar-refractivity contribution in [2.45, 2.75) is 110 Å². The highest BCUT2D eigenvalue weighted by Gasteiger charge is 2.37. The van der Waals surface area contributed by atoms with E-state index in [4.69, 9.17) is 29.3 Å². The van der Waals surface area contributed by atoms with Crippen molar-refractivity contribution in [1.29, 1.82) is 0 Å². The first-order valence-corrected chi connectivity index (χ1v) is 15.5. The maximum atomic E-state index is 13.5. The normalized spacial score (nSPS) is 17.0. The molecule has 5 rings (SSSR count). The number of aromatic nitrogens is 5. The zero-order chi connectivity index (χ0) is 31.3. The molecule has 13 heteroatoms. The Morgan fingerprint density at radius 3 is 2.28 bits per heavy atom. The first-order chi connectivity index (χ1) is 20.1. The number of anilines is 1. The van der Waals surface area contributed by atoms with Crippen molar-refractivity contribution >= 4 is 40.9 Å². The lowest BCUT2D eigenvalue weighted by atomic mass is 10.1. The molecular formula is C30H41N7O5S. The zero-order valence-corrected chi connectivity index (χ0v) is 27.2. The summed E-state index contributed by atoms with van der Waals surface area (Å²) in [6, 6.07) is 0.710. The molecule has 12 nitrogen and oxygen atoms in total. The first kappa shape index (κ1) is 31.0. The number of nitrogens with one attached hydrogen (secondary N) is 1. The molecule has 1 aliphatic carbocycles. The van der Waals surface area contributed by atoms with Crippen molar-refractivity contribution in [1.82, 2.24) is 30.0 Å². The fourth-order valence-electron chi connectivity index (χ4n) is 4.95. The number of rotatable bonds is 6. The van der Waals surface area contributed by atoms with Gasteiger partial charge in [0.2, 0.25) is 5.95 Å². The largest absolute Gasteiger partial charge is 0.496 e. The summed E-state index contributed by atoms with van der Waals surface area (Å²) in [4.78, 5) is 41.9. The van der Waals surface area contributed by atoms with E-state index in [0.29, 0.717) is 29.7 Å². The molecule has 1 saturated carbocycles. The van der Waals surface area contributed by atoms with Crippen LogP contribution >= 0.6 is 11.8 Å². The van der Waals surface area contributed by atoms with Gasteiger partial charge in [0.15, 0.2) is 5.65 Å². The molecule has 3 aromatic rings. The van der Waals surface area contributed by atoms with Gasteiger partial charge in [-0.2, -0.15) is 10.1 Å². The minimum absolute atomic E-state index is 0.133. The average Bonchev–Trinajstić information content (AvgIpc) is 3.65. The van der Waals surface area contributed by atoms with E-state index in [-0.39, 0.29) is 12.0 Å². The second kappa shape index (κ2) is 11.6. The maximum absolute atomic E-state index is 13.5. The Balaban J connectivity index is 1.65. The molecule has 1 unspecified atom stereocenters. The van der Waals surface area contributed by atoms with Crippen LogP contribution in [0.2, 0.25) is 0 Å². The van der Waals surface area contributed by atoms with Gasteiger partial charge in [-0.25, -0.2) is 19.3 Å². The van der Waals surface area contributed by atoms with Crippen molar-refractivity contribution in [3.05, 3.63) is 28.7 Å². The fraction of sp³-hybridized carbons (Fsp3) is 0.600. The van der Waals surface area contributed by atoms with Gasteiger partial charge in [-0.1, -0.05) is 0 Å². The van der Waals surface area contributed by atoms with E-state index in [1.54, 1.807) is 71.3 Å². The summed E-state index contributed by atoms with van der Waals surface area (Å²) in [5.74, 6) is 1.39. The molecule has 1 aliphatic heterocycles. The number of nitrogens with zero attached hydrogens (tertiary/aromatic N) is 6. The number of thioether (sulfide) groups is 1. The number of aryl methyl sites for hydroxylation is 1. The van der Waals surface area contributed by atoms with Gasteiger partial charge < -0.3 is 19.5 Å². The topological polar surface area (TPSA) is 134 Å². The number of carbonyl (C=O) groups excluding carboxylic acids is 2. The monoisotopic (exact) mass is 611 g/mol. The number of imide groups is 1. The molecule has 1 N–H and O–H groups in total. The molecule has 43 heavy (non-hydrogen) atoms. The smallest absolute Gasteiger partial charge is 0.427 e. The summed E-state index contributed by atoms with van der Waals surface area (Å²) < 4.78 is 18.6. The second-order valence-electron chi connectivity index (χ2n) is 13.1. The van der Waals surface area contributed by atoms with Gasteiger partial charge in [-0.15, -0.1) is 16.7 Å². The van der Waals surface area contributed by atoms with E-state index in [1.165, 1.54) is 12.8 Å². The van der Waals surface area contributed by atoms with Crippen LogP contribution in [0.4, 0.5) is 15.5 Å². The van der Waals surface area contributed by atoms with Crippen LogP contribution in [0.25, 0.3) is 11.0 Å². The van der Waals surface area contributed by atoms with Crippen LogP contribution in [0.5, 0.6) is 5.75 Å². The minimum atomic E-state index is -0.924. The molecule has 3 aromatic heterocycles. The first-order valence-electron chi connectivity index (χ1n) is 14.5. The van der Waals surface area contributed by atoms with Gasteiger partial charge in [-0.3, -0.25) is 4.98 Å². The summed E-state index contributed by atoms with van der Waals surface area (Å²) in [6.07, 6.45) is 2.97. The molecule has 0 bridgehead atoms. The molecule has 0 aromatic carbocycles. The molecule has 1 fully saturated rings. The standard InChI is InChI=1S/C30H41N7O5S/c1-16-13-31-21(17(2)23(16)40-9)14-36-24-22-20(35-36)12-19(32-18-10-11-18)15-43-25(22)34-26(33-24)37(27(38)41-29(3,4)5)28(39)42-30(6,7)8/h13,18-19,32H,10-12,14-15H2,1-9H3. The van der Waals surface area contributed by atoms with Crippen molar-refractivity contribution in [2.24, 2.45) is 0 Å². The number of ether oxygens (including phenoxy) is 3. The number of carbonyl (C=O) groups is 2. The van der Waals surface area contributed by atoms with E-state index in [0.717, 1.165) is 44.3 Å². The van der Waals surface area contributed by atoms with Crippen molar-refractivity contribution in [2.75, 3.05) is 17.8 Å². The van der Waals surface area contributed by atoms with Crippen LogP contribution < -0.4 is 15.0 Å². The number of methoxy groups -OCH3 is 1. The van der Waals surface area contributed by atoms with Gasteiger partial charge >= 0.3 is 12.2 Å². The molecule has 2 amide bonds. The van der Waals surface area contributed by atoms with Gasteiger partial charge in [0, 0.05) is 41.6 Å². The number of hydrogen-bond acceptors (Lipinski definition) is 11. The molecule has 2 aliphatic rings. The lowest BCUT2D eigenvalue weighted by Crippen LogP contribution is -2.44. The van der Waals surface area contributed by atoms with Crippen LogP contribution in [-0.2, 0) is 22.4 Å². The third kappa shape index (κ3) is 7.04. The Morgan fingerprint density at radius 2 is 1.70 bits per heavy atom. The Bertz CT molecular complexity index is 1530. The van der Waals surface area contributed by atoms with E-state index in [9.17, 15) is 9.59 Å². The van der Waals surface area contributed by atoms with E-state index < -0.39 is 23.4 Å². The average molecular weight is 612 g/mol. The van der Waals surface area contributed by atoms with Crippen LogP contribution in [0, 0.1) is 13.8 Å². The highest BCUT2D eigenvalue weighted by atomic mass is 32.2. The van der Waals surface area contributed by atoms with Gasteiger partial charge in [-0.05, 0) is 68.2 Å². The summed E-state index contributed by atoms with van der Waals surface area (Å²) in [5.41, 5.74) is 2.23. The molecule has 232 valence electrons. The quantitative estimate of drug-likeness (QED) is 0.362. The predicted molar refractivity (Wildman–Crippen MR) is 164 cm³/mol. The minimum Gasteiger partial charge on any atom is -0.496 e. The Kier molecular flexibility index (Phi) is 8.34. The van der Waals surface area contributed by atoms with Crippen LogP contribution in [0.1, 0.15) is 76.9 Å². The Hall–Kier alpha value is -3.45. The number of pyridine rings is 1. The third-order valence-corrected chi connectivity index (χ3v) is 8.07. The van der Waals surface area contributed by atoms with Gasteiger partial charge in [0.25, 0.3) is 0 Å². The molecule has 0 radical (unpaired) electrons. The molecule has 4 heterocycles. The van der Waals surface area contributed by atoms with E-state index in [2.05, 4.69) is 10.3 Å². The summed E-state index contributed by atoms with van der Waals surface area (Å²) in [6.45, 7) is 14.6. The van der Waals surface area contributed by atoms with Gasteiger partial charge in [0.05, 0.1) is 30.4 Å². The highest BCUT2D eigenvalue weighted by molar-refractivity contribution is 7.99. The van der Waals surface area contributed by atoms with E-state index >= 15 is 0 Å². The maximum Gasteiger partial charge on any atom is 0.427 e. The molecule has 0 saturated heterocycles. The Labute approximate surface area is 256 Å². The summed E-state index contributed by atoms with van der Waals surface area (Å²) in [5, 5.41) is 10.2. The fourth-order valence-corrected chi connectivity index (χ4v) is 6.02. The van der Waals surface area contributed by atoms with Crippen molar-refractivity contribution in [3.63, 3.8) is 0 Å². The number of amides is 2. The summed E-state index contributed by atoms with van der Waals surface area (Å²) in [7, 11) is 1.64. The molecule has 1 atom stereocenters. The van der Waals surface area contributed by atoms with Crippen molar-refractivity contribution in [3.8, 4) is 5.75 Å². The summed E-state index contributed by atoms with van der Waals surface area (Å²) >= 11 is 1.56. The lowest BCUT2D eigenvalue weighted by Gasteiger charge is -2.27.